The summed E-state index contributed by atoms with van der Waals surface area (Å²) in [6.45, 7) is 3.09. The van der Waals surface area contributed by atoms with Gasteiger partial charge in [-0.05, 0) is 36.8 Å². The third-order valence-corrected chi connectivity index (χ3v) is 3.42. The number of aromatic nitrogens is 3. The zero-order valence-corrected chi connectivity index (χ0v) is 12.8. The van der Waals surface area contributed by atoms with Crippen molar-refractivity contribution in [3.63, 3.8) is 0 Å². The van der Waals surface area contributed by atoms with E-state index in [2.05, 4.69) is 35.4 Å². The van der Waals surface area contributed by atoms with E-state index in [-0.39, 0.29) is 0 Å². The molecule has 0 bridgehead atoms. The maximum atomic E-state index is 10.6. The molecule has 0 saturated carbocycles. The Morgan fingerprint density at radius 1 is 1.17 bits per heavy atom. The zero-order valence-electron chi connectivity index (χ0n) is 12.8. The largest absolute Gasteiger partial charge is 0.487 e. The van der Waals surface area contributed by atoms with Gasteiger partial charge in [0.15, 0.2) is 0 Å². The van der Waals surface area contributed by atoms with Crippen molar-refractivity contribution in [2.24, 2.45) is 0 Å². The van der Waals surface area contributed by atoms with E-state index >= 15 is 0 Å². The summed E-state index contributed by atoms with van der Waals surface area (Å²) in [5.41, 5.74) is 3.80. The number of carbonyl (C=O) groups excluding carboxylic acids is 1. The Kier molecular flexibility index (Phi) is 4.47. The summed E-state index contributed by atoms with van der Waals surface area (Å²) in [7, 11) is 0. The fraction of sp³-hybridized carbons (Fsp3) is 0.167. The Bertz CT molecular complexity index is 794. The van der Waals surface area contributed by atoms with Gasteiger partial charge in [0.05, 0.1) is 12.7 Å². The first-order valence-corrected chi connectivity index (χ1v) is 7.35. The van der Waals surface area contributed by atoms with Crippen molar-refractivity contribution in [3.8, 4) is 5.75 Å². The molecule has 0 saturated heterocycles. The number of carbonyl (C=O) groups is 1. The van der Waals surface area contributed by atoms with Gasteiger partial charge in [0.25, 0.3) is 0 Å². The second-order valence-electron chi connectivity index (χ2n) is 5.37. The van der Waals surface area contributed by atoms with Crippen molar-refractivity contribution < 1.29 is 9.53 Å². The predicted octanol–water partition coefficient (Wildman–Crippen LogP) is 3.03. The fourth-order valence-electron chi connectivity index (χ4n) is 2.28. The Morgan fingerprint density at radius 3 is 2.74 bits per heavy atom. The number of nitrogens with zero attached hydrogens (tertiary/aromatic N) is 3. The van der Waals surface area contributed by atoms with Gasteiger partial charge in [-0.2, -0.15) is 0 Å². The van der Waals surface area contributed by atoms with Crippen LogP contribution < -0.4 is 4.74 Å². The minimum Gasteiger partial charge on any atom is -0.487 e. The second-order valence-corrected chi connectivity index (χ2v) is 5.37. The molecule has 1 aromatic heterocycles. The Balaban J connectivity index is 1.59. The molecule has 0 aliphatic rings. The van der Waals surface area contributed by atoms with Crippen molar-refractivity contribution in [3.05, 3.63) is 77.1 Å². The van der Waals surface area contributed by atoms with Crippen molar-refractivity contribution >= 4 is 6.29 Å². The van der Waals surface area contributed by atoms with Gasteiger partial charge in [-0.25, -0.2) is 4.68 Å². The van der Waals surface area contributed by atoms with Crippen molar-refractivity contribution in [2.45, 2.75) is 20.1 Å². The van der Waals surface area contributed by atoms with Gasteiger partial charge < -0.3 is 4.74 Å². The quantitative estimate of drug-likeness (QED) is 0.657. The molecule has 3 aromatic rings. The first-order chi connectivity index (χ1) is 11.2. The van der Waals surface area contributed by atoms with Gasteiger partial charge in [-0.1, -0.05) is 35.0 Å². The first kappa shape index (κ1) is 15.0. The average molecular weight is 307 g/mol. The lowest BCUT2D eigenvalue weighted by molar-refractivity contribution is 0.112. The highest BCUT2D eigenvalue weighted by atomic mass is 16.5. The topological polar surface area (TPSA) is 57.0 Å². The number of benzene rings is 2. The molecular weight excluding hydrogens is 290 g/mol. The van der Waals surface area contributed by atoms with Gasteiger partial charge >= 0.3 is 0 Å². The SMILES string of the molecule is Cc1cccc(Cn2cc(COc3ccc(C=O)cc3)nn2)c1. The van der Waals surface area contributed by atoms with Crippen LogP contribution in [0.2, 0.25) is 0 Å². The zero-order chi connectivity index (χ0) is 16.1. The lowest BCUT2D eigenvalue weighted by Crippen LogP contribution is -2.00. The average Bonchev–Trinajstić information content (AvgIpc) is 3.01. The van der Waals surface area contributed by atoms with Crippen molar-refractivity contribution in [1.29, 1.82) is 0 Å². The summed E-state index contributed by atoms with van der Waals surface area (Å²) in [5, 5.41) is 8.24. The summed E-state index contributed by atoms with van der Waals surface area (Å²) < 4.78 is 7.44. The van der Waals surface area contributed by atoms with Crippen LogP contribution in [0.15, 0.2) is 54.7 Å². The Morgan fingerprint density at radius 2 is 2.00 bits per heavy atom. The van der Waals surface area contributed by atoms with Crippen LogP contribution in [0.25, 0.3) is 0 Å². The lowest BCUT2D eigenvalue weighted by atomic mass is 10.1. The number of aryl methyl sites for hydroxylation is 1. The van der Waals surface area contributed by atoms with Gasteiger partial charge in [-0.15, -0.1) is 5.10 Å². The minimum absolute atomic E-state index is 0.342. The molecule has 0 aliphatic heterocycles. The van der Waals surface area contributed by atoms with Crippen LogP contribution in [0, 0.1) is 6.92 Å². The van der Waals surface area contributed by atoms with Gasteiger partial charge in [0.2, 0.25) is 0 Å². The molecule has 0 N–H and O–H groups in total. The number of hydrogen-bond acceptors (Lipinski definition) is 4. The molecule has 0 atom stereocenters. The van der Waals surface area contributed by atoms with E-state index in [0.717, 1.165) is 12.0 Å². The molecule has 2 aromatic carbocycles. The van der Waals surface area contributed by atoms with E-state index in [1.807, 2.05) is 12.3 Å². The van der Waals surface area contributed by atoms with Crippen LogP contribution in [0.3, 0.4) is 0 Å². The van der Waals surface area contributed by atoms with Gasteiger partial charge in [0.1, 0.15) is 24.3 Å². The van der Waals surface area contributed by atoms with Crippen molar-refractivity contribution in [1.82, 2.24) is 15.0 Å². The molecule has 23 heavy (non-hydrogen) atoms. The number of rotatable bonds is 6. The monoisotopic (exact) mass is 307 g/mol. The molecular formula is C18H17N3O2. The smallest absolute Gasteiger partial charge is 0.150 e. The van der Waals surface area contributed by atoms with E-state index in [1.54, 1.807) is 28.9 Å². The Hall–Kier alpha value is -2.95. The van der Waals surface area contributed by atoms with E-state index < -0.39 is 0 Å². The summed E-state index contributed by atoms with van der Waals surface area (Å²) in [4.78, 5) is 10.6. The van der Waals surface area contributed by atoms with E-state index in [1.165, 1.54) is 11.1 Å². The predicted molar refractivity (Wildman–Crippen MR) is 86.5 cm³/mol. The summed E-state index contributed by atoms with van der Waals surface area (Å²) >= 11 is 0. The standard InChI is InChI=1S/C18H17N3O2/c1-14-3-2-4-16(9-14)10-21-11-17(19-20-21)13-23-18-7-5-15(12-22)6-8-18/h2-9,11-12H,10,13H2,1H3. The van der Waals surface area contributed by atoms with Crippen LogP contribution in [-0.4, -0.2) is 21.3 Å². The maximum Gasteiger partial charge on any atom is 0.150 e. The molecule has 0 fully saturated rings. The van der Waals surface area contributed by atoms with Gasteiger partial charge in [-0.3, -0.25) is 4.79 Å². The molecule has 0 aliphatic carbocycles. The van der Waals surface area contributed by atoms with Crippen LogP contribution in [-0.2, 0) is 13.2 Å². The normalized spacial score (nSPS) is 10.5. The lowest BCUT2D eigenvalue weighted by Gasteiger charge is -2.03. The van der Waals surface area contributed by atoms with Gasteiger partial charge in [0, 0.05) is 5.56 Å². The van der Waals surface area contributed by atoms with E-state index in [4.69, 9.17) is 4.74 Å². The highest BCUT2D eigenvalue weighted by Gasteiger charge is 2.03. The van der Waals surface area contributed by atoms with Crippen LogP contribution >= 0.6 is 0 Å². The van der Waals surface area contributed by atoms with Crippen molar-refractivity contribution in [2.75, 3.05) is 0 Å². The molecule has 3 rings (SSSR count). The fourth-order valence-corrected chi connectivity index (χ4v) is 2.28. The minimum atomic E-state index is 0.342. The highest BCUT2D eigenvalue weighted by Crippen LogP contribution is 2.13. The van der Waals surface area contributed by atoms with Crippen LogP contribution in [0.5, 0.6) is 5.75 Å². The number of hydrogen-bond donors (Lipinski definition) is 0. The first-order valence-electron chi connectivity index (χ1n) is 7.35. The molecule has 5 heteroatoms. The third kappa shape index (κ3) is 4.03. The number of ether oxygens (including phenoxy) is 1. The second kappa shape index (κ2) is 6.87. The van der Waals surface area contributed by atoms with Crippen LogP contribution in [0.1, 0.15) is 27.2 Å². The maximum absolute atomic E-state index is 10.6. The molecule has 0 spiro atoms. The molecule has 0 amide bonds. The van der Waals surface area contributed by atoms with Crippen LogP contribution in [0.4, 0.5) is 0 Å². The summed E-state index contributed by atoms with van der Waals surface area (Å²) in [6.07, 6.45) is 2.68. The molecule has 5 nitrogen and oxygen atoms in total. The molecule has 0 radical (unpaired) electrons. The molecule has 0 unspecified atom stereocenters. The Labute approximate surface area is 134 Å². The molecule has 1 heterocycles. The number of aldehydes is 1. The summed E-state index contributed by atoms with van der Waals surface area (Å²) in [5.74, 6) is 0.698. The highest BCUT2D eigenvalue weighted by molar-refractivity contribution is 5.74. The molecule has 116 valence electrons. The summed E-state index contributed by atoms with van der Waals surface area (Å²) in [6, 6.07) is 15.3. The van der Waals surface area contributed by atoms with E-state index in [9.17, 15) is 4.79 Å². The van der Waals surface area contributed by atoms with E-state index in [0.29, 0.717) is 24.5 Å². The third-order valence-electron chi connectivity index (χ3n) is 3.42.